The molecular formula is C14H18N2O2. The van der Waals surface area contributed by atoms with Gasteiger partial charge in [-0.25, -0.2) is 9.78 Å². The van der Waals surface area contributed by atoms with Gasteiger partial charge in [0.25, 0.3) is 0 Å². The van der Waals surface area contributed by atoms with E-state index < -0.39 is 5.97 Å². The Morgan fingerprint density at radius 3 is 2.50 bits per heavy atom. The number of pyridine rings is 1. The fourth-order valence-electron chi connectivity index (χ4n) is 2.82. The first kappa shape index (κ1) is 11.5. The minimum Gasteiger partial charge on any atom is -0.478 e. The van der Waals surface area contributed by atoms with Crippen LogP contribution in [0.15, 0.2) is 12.1 Å². The first-order valence-electron chi connectivity index (χ1n) is 6.56. The van der Waals surface area contributed by atoms with E-state index in [-0.39, 0.29) is 0 Å². The van der Waals surface area contributed by atoms with Gasteiger partial charge in [-0.2, -0.15) is 0 Å². The third-order valence-corrected chi connectivity index (χ3v) is 4.33. The predicted molar refractivity (Wildman–Crippen MR) is 69.0 cm³/mol. The van der Waals surface area contributed by atoms with Gasteiger partial charge in [-0.1, -0.05) is 0 Å². The van der Waals surface area contributed by atoms with Gasteiger partial charge in [0.1, 0.15) is 11.4 Å². The number of aryl methyl sites for hydroxylation is 1. The lowest BCUT2D eigenvalue weighted by atomic mass is 9.93. The van der Waals surface area contributed by atoms with Crippen LogP contribution in [0.3, 0.4) is 0 Å². The number of anilines is 1. The Kier molecular flexibility index (Phi) is 2.54. The molecule has 96 valence electrons. The topological polar surface area (TPSA) is 53.4 Å². The van der Waals surface area contributed by atoms with Crippen LogP contribution in [0.1, 0.15) is 41.7 Å². The molecule has 0 atom stereocenters. The monoisotopic (exact) mass is 246 g/mol. The smallest absolute Gasteiger partial charge is 0.339 e. The average Bonchev–Trinajstić information content (AvgIpc) is 3.09. The molecule has 1 saturated heterocycles. The third kappa shape index (κ3) is 1.96. The molecule has 0 unspecified atom stereocenters. The van der Waals surface area contributed by atoms with Crippen molar-refractivity contribution in [1.82, 2.24) is 4.98 Å². The summed E-state index contributed by atoms with van der Waals surface area (Å²) < 4.78 is 0. The summed E-state index contributed by atoms with van der Waals surface area (Å²) in [5.74, 6) is -0.234. The molecule has 4 nitrogen and oxygen atoms in total. The molecule has 0 bridgehead atoms. The molecule has 1 aliphatic carbocycles. The van der Waals surface area contributed by atoms with E-state index in [1.165, 1.54) is 25.7 Å². The van der Waals surface area contributed by atoms with Crippen molar-refractivity contribution in [2.75, 3.05) is 18.0 Å². The lowest BCUT2D eigenvalue weighted by molar-refractivity contribution is 0.0697. The second-order valence-electron chi connectivity index (χ2n) is 5.62. The number of piperidine rings is 1. The zero-order valence-electron chi connectivity index (χ0n) is 10.6. The summed E-state index contributed by atoms with van der Waals surface area (Å²) in [6.45, 7) is 3.79. The van der Waals surface area contributed by atoms with E-state index in [0.717, 1.165) is 18.8 Å². The average molecular weight is 246 g/mol. The summed E-state index contributed by atoms with van der Waals surface area (Å²) >= 11 is 0. The number of hydrogen-bond acceptors (Lipinski definition) is 3. The zero-order valence-corrected chi connectivity index (χ0v) is 10.6. The molecule has 4 heteroatoms. The van der Waals surface area contributed by atoms with Gasteiger partial charge in [0, 0.05) is 18.8 Å². The van der Waals surface area contributed by atoms with Crippen LogP contribution in [-0.4, -0.2) is 29.1 Å². The van der Waals surface area contributed by atoms with Crippen molar-refractivity contribution in [2.24, 2.45) is 5.41 Å². The van der Waals surface area contributed by atoms with E-state index in [9.17, 15) is 9.90 Å². The molecule has 1 aromatic rings. The van der Waals surface area contributed by atoms with Crippen molar-refractivity contribution in [3.63, 3.8) is 0 Å². The van der Waals surface area contributed by atoms with Crippen molar-refractivity contribution in [3.8, 4) is 0 Å². The number of carboxylic acids is 1. The summed E-state index contributed by atoms with van der Waals surface area (Å²) in [5, 5.41) is 9.24. The Bertz CT molecular complexity index is 485. The molecule has 2 fully saturated rings. The maximum absolute atomic E-state index is 11.2. The van der Waals surface area contributed by atoms with E-state index in [1.807, 2.05) is 6.92 Å². The molecule has 1 aliphatic heterocycles. The van der Waals surface area contributed by atoms with Gasteiger partial charge in [-0.05, 0) is 50.2 Å². The largest absolute Gasteiger partial charge is 0.478 e. The van der Waals surface area contributed by atoms with Crippen LogP contribution in [0.4, 0.5) is 5.82 Å². The molecule has 1 saturated carbocycles. The number of aromatic carboxylic acids is 1. The molecule has 18 heavy (non-hydrogen) atoms. The quantitative estimate of drug-likeness (QED) is 0.871. The first-order chi connectivity index (χ1) is 8.60. The molecule has 1 aromatic heterocycles. The zero-order chi connectivity index (χ0) is 12.8. The standard InChI is InChI=1S/C14H18N2O2/c1-10-2-3-11(13(17)18)12(15-10)16-8-6-14(4-5-14)7-9-16/h2-3H,4-9H2,1H3,(H,17,18). The highest BCUT2D eigenvalue weighted by molar-refractivity contribution is 5.93. The summed E-state index contributed by atoms with van der Waals surface area (Å²) in [4.78, 5) is 17.8. The van der Waals surface area contributed by atoms with Crippen LogP contribution in [0.25, 0.3) is 0 Å². The van der Waals surface area contributed by atoms with Crippen molar-refractivity contribution >= 4 is 11.8 Å². The lowest BCUT2D eigenvalue weighted by Gasteiger charge is -2.33. The predicted octanol–water partition coefficient (Wildman–Crippen LogP) is 2.47. The molecule has 1 N–H and O–H groups in total. The fourth-order valence-corrected chi connectivity index (χ4v) is 2.82. The second-order valence-corrected chi connectivity index (χ2v) is 5.62. The molecular weight excluding hydrogens is 228 g/mol. The third-order valence-electron chi connectivity index (χ3n) is 4.33. The Hall–Kier alpha value is -1.58. The number of carbonyl (C=O) groups is 1. The van der Waals surface area contributed by atoms with E-state index in [2.05, 4.69) is 9.88 Å². The summed E-state index contributed by atoms with van der Waals surface area (Å²) in [5.41, 5.74) is 1.80. The van der Waals surface area contributed by atoms with Gasteiger partial charge in [-0.3, -0.25) is 0 Å². The fraction of sp³-hybridized carbons (Fsp3) is 0.571. The molecule has 0 amide bonds. The molecule has 1 spiro atoms. The van der Waals surface area contributed by atoms with Crippen LogP contribution in [-0.2, 0) is 0 Å². The van der Waals surface area contributed by atoms with Gasteiger partial charge >= 0.3 is 5.97 Å². The lowest BCUT2D eigenvalue weighted by Crippen LogP contribution is -2.36. The number of aromatic nitrogens is 1. The van der Waals surface area contributed by atoms with Gasteiger partial charge in [0.2, 0.25) is 0 Å². The Balaban J connectivity index is 1.86. The van der Waals surface area contributed by atoms with Gasteiger partial charge in [0.05, 0.1) is 0 Å². The maximum atomic E-state index is 11.2. The van der Waals surface area contributed by atoms with Crippen LogP contribution < -0.4 is 4.90 Å². The van der Waals surface area contributed by atoms with Crippen molar-refractivity contribution < 1.29 is 9.90 Å². The summed E-state index contributed by atoms with van der Waals surface area (Å²) in [7, 11) is 0. The number of hydrogen-bond donors (Lipinski definition) is 1. The summed E-state index contributed by atoms with van der Waals surface area (Å²) in [6.07, 6.45) is 5.07. The Labute approximate surface area is 107 Å². The van der Waals surface area contributed by atoms with Crippen LogP contribution in [0.5, 0.6) is 0 Å². The van der Waals surface area contributed by atoms with Crippen molar-refractivity contribution in [1.29, 1.82) is 0 Å². The van der Waals surface area contributed by atoms with Crippen LogP contribution in [0.2, 0.25) is 0 Å². The molecule has 3 rings (SSSR count). The highest BCUT2D eigenvalue weighted by Crippen LogP contribution is 2.53. The molecule has 0 aromatic carbocycles. The SMILES string of the molecule is Cc1ccc(C(=O)O)c(N2CCC3(CC2)CC3)n1. The molecule has 2 aliphatic rings. The van der Waals surface area contributed by atoms with E-state index in [1.54, 1.807) is 12.1 Å². The maximum Gasteiger partial charge on any atom is 0.339 e. The van der Waals surface area contributed by atoms with Gasteiger partial charge < -0.3 is 10.0 Å². The number of carboxylic acid groups (broad SMARTS) is 1. The number of rotatable bonds is 2. The molecule has 0 radical (unpaired) electrons. The first-order valence-corrected chi connectivity index (χ1v) is 6.56. The van der Waals surface area contributed by atoms with Crippen molar-refractivity contribution in [3.05, 3.63) is 23.4 Å². The highest BCUT2D eigenvalue weighted by Gasteiger charge is 2.44. The highest BCUT2D eigenvalue weighted by atomic mass is 16.4. The number of nitrogens with zero attached hydrogens (tertiary/aromatic N) is 2. The van der Waals surface area contributed by atoms with E-state index in [0.29, 0.717) is 16.8 Å². The van der Waals surface area contributed by atoms with Gasteiger partial charge in [0.15, 0.2) is 0 Å². The Morgan fingerprint density at radius 2 is 1.94 bits per heavy atom. The second kappa shape index (κ2) is 3.97. The minimum atomic E-state index is -0.885. The van der Waals surface area contributed by atoms with Gasteiger partial charge in [-0.15, -0.1) is 0 Å². The minimum absolute atomic E-state index is 0.326. The van der Waals surface area contributed by atoms with Crippen LogP contribution >= 0.6 is 0 Å². The normalized spacial score (nSPS) is 21.1. The Morgan fingerprint density at radius 1 is 1.28 bits per heavy atom. The van der Waals surface area contributed by atoms with E-state index >= 15 is 0 Å². The van der Waals surface area contributed by atoms with Crippen LogP contribution in [0, 0.1) is 12.3 Å². The summed E-state index contributed by atoms with van der Waals surface area (Å²) in [6, 6.07) is 3.43. The van der Waals surface area contributed by atoms with Crippen molar-refractivity contribution in [2.45, 2.75) is 32.6 Å². The molecule has 2 heterocycles. The van der Waals surface area contributed by atoms with E-state index in [4.69, 9.17) is 0 Å².